The predicted octanol–water partition coefficient (Wildman–Crippen LogP) is 5.07. The zero-order valence-electron chi connectivity index (χ0n) is 14.8. The molecule has 0 amide bonds. The summed E-state index contributed by atoms with van der Waals surface area (Å²) in [5.41, 5.74) is 2.10. The van der Waals surface area contributed by atoms with Crippen LogP contribution in [-0.2, 0) is 0 Å². The summed E-state index contributed by atoms with van der Waals surface area (Å²) in [5, 5.41) is 0. The number of hydrogen-bond donors (Lipinski definition) is 0. The Labute approximate surface area is 129 Å². The van der Waals surface area contributed by atoms with Crippen molar-refractivity contribution in [2.45, 2.75) is 79.6 Å². The maximum Gasteiger partial charge on any atom is 0.125 e. The fraction of sp³-hybridized carbons (Fsp3) is 0.667. The van der Waals surface area contributed by atoms with E-state index in [0.29, 0.717) is 24.2 Å². The molecule has 2 nitrogen and oxygen atoms in total. The van der Waals surface area contributed by atoms with E-state index in [1.807, 2.05) is 6.07 Å². The average molecular weight is 294 g/mol. The molecule has 1 aromatic rings. The van der Waals surface area contributed by atoms with Crippen molar-refractivity contribution in [1.29, 1.82) is 0 Å². The van der Waals surface area contributed by atoms with Crippen LogP contribution in [0.3, 0.4) is 0 Å². The molecular formula is C18H31FN2. The summed E-state index contributed by atoms with van der Waals surface area (Å²) >= 11 is 0. The first-order valence-corrected chi connectivity index (χ1v) is 8.03. The van der Waals surface area contributed by atoms with Crippen LogP contribution in [0.2, 0.25) is 0 Å². The molecule has 1 rings (SSSR count). The van der Waals surface area contributed by atoms with Crippen molar-refractivity contribution in [1.82, 2.24) is 0 Å². The smallest absolute Gasteiger partial charge is 0.125 e. The minimum atomic E-state index is -0.174. The first-order valence-electron chi connectivity index (χ1n) is 8.03. The van der Waals surface area contributed by atoms with Crippen LogP contribution in [-0.4, -0.2) is 24.2 Å². The van der Waals surface area contributed by atoms with Gasteiger partial charge >= 0.3 is 0 Å². The van der Waals surface area contributed by atoms with Crippen molar-refractivity contribution in [3.05, 3.63) is 24.0 Å². The maximum absolute atomic E-state index is 13.9. The van der Waals surface area contributed by atoms with Crippen LogP contribution in [0, 0.1) is 5.82 Å². The van der Waals surface area contributed by atoms with Gasteiger partial charge in [0, 0.05) is 24.2 Å². The minimum absolute atomic E-state index is 0.174. The Hall–Kier alpha value is -1.25. The third-order valence-electron chi connectivity index (χ3n) is 3.72. The number of rotatable bonds is 6. The van der Waals surface area contributed by atoms with Crippen LogP contribution in [0.5, 0.6) is 0 Å². The molecule has 0 aliphatic carbocycles. The van der Waals surface area contributed by atoms with Crippen LogP contribution in [0.4, 0.5) is 15.8 Å². The van der Waals surface area contributed by atoms with E-state index in [1.165, 1.54) is 0 Å². The van der Waals surface area contributed by atoms with Gasteiger partial charge in [-0.05, 0) is 73.6 Å². The molecule has 3 heteroatoms. The minimum Gasteiger partial charge on any atom is -0.365 e. The van der Waals surface area contributed by atoms with Crippen LogP contribution in [0.25, 0.3) is 0 Å². The van der Waals surface area contributed by atoms with E-state index in [1.54, 1.807) is 12.1 Å². The van der Waals surface area contributed by atoms with Crippen molar-refractivity contribution >= 4 is 11.4 Å². The lowest BCUT2D eigenvalue weighted by Gasteiger charge is -2.40. The Bertz CT molecular complexity index is 437. The quantitative estimate of drug-likeness (QED) is 0.722. The van der Waals surface area contributed by atoms with Crippen molar-refractivity contribution in [3.63, 3.8) is 0 Å². The molecule has 0 spiro atoms. The molecule has 0 aliphatic rings. The highest BCUT2D eigenvalue weighted by Gasteiger charge is 2.24. The number of anilines is 2. The molecule has 0 saturated heterocycles. The molecule has 120 valence electrons. The summed E-state index contributed by atoms with van der Waals surface area (Å²) in [5.74, 6) is -0.174. The standard InChI is InChI=1S/C18H31FN2/c1-12(2)20(13(3)4)17-10-9-16(19)11-18(17)21(14(5)6)15(7)8/h9-15H,1-8H3. The van der Waals surface area contributed by atoms with E-state index >= 15 is 0 Å². The van der Waals surface area contributed by atoms with Gasteiger partial charge in [-0.1, -0.05) is 0 Å². The molecule has 0 bridgehead atoms. The van der Waals surface area contributed by atoms with E-state index in [0.717, 1.165) is 11.4 Å². The van der Waals surface area contributed by atoms with Crippen LogP contribution in [0.15, 0.2) is 18.2 Å². The van der Waals surface area contributed by atoms with Gasteiger partial charge in [0.2, 0.25) is 0 Å². The highest BCUT2D eigenvalue weighted by Crippen LogP contribution is 2.35. The van der Waals surface area contributed by atoms with Crippen molar-refractivity contribution in [3.8, 4) is 0 Å². The molecule has 0 N–H and O–H groups in total. The van der Waals surface area contributed by atoms with Gasteiger partial charge < -0.3 is 9.80 Å². The van der Waals surface area contributed by atoms with Crippen LogP contribution >= 0.6 is 0 Å². The molecule has 0 saturated carbocycles. The lowest BCUT2D eigenvalue weighted by Crippen LogP contribution is -2.42. The molecule has 0 radical (unpaired) electrons. The lowest BCUT2D eigenvalue weighted by molar-refractivity contribution is 0.579. The summed E-state index contributed by atoms with van der Waals surface area (Å²) in [6.45, 7) is 17.4. The largest absolute Gasteiger partial charge is 0.365 e. The number of nitrogens with zero attached hydrogens (tertiary/aromatic N) is 2. The number of hydrogen-bond acceptors (Lipinski definition) is 2. The molecule has 0 fully saturated rings. The predicted molar refractivity (Wildman–Crippen MR) is 91.9 cm³/mol. The van der Waals surface area contributed by atoms with E-state index in [2.05, 4.69) is 65.2 Å². The molecule has 0 atom stereocenters. The van der Waals surface area contributed by atoms with Gasteiger partial charge in [-0.3, -0.25) is 0 Å². The molecule has 0 heterocycles. The fourth-order valence-corrected chi connectivity index (χ4v) is 3.23. The second-order valence-electron chi connectivity index (χ2n) is 6.82. The first-order chi connectivity index (χ1) is 9.66. The average Bonchev–Trinajstić information content (AvgIpc) is 2.30. The van der Waals surface area contributed by atoms with Gasteiger partial charge in [0.1, 0.15) is 5.82 Å². The Morgan fingerprint density at radius 2 is 1.05 bits per heavy atom. The third-order valence-corrected chi connectivity index (χ3v) is 3.72. The van der Waals surface area contributed by atoms with Crippen molar-refractivity contribution < 1.29 is 4.39 Å². The van der Waals surface area contributed by atoms with Crippen LogP contribution in [0.1, 0.15) is 55.4 Å². The Morgan fingerprint density at radius 1 is 0.667 bits per heavy atom. The van der Waals surface area contributed by atoms with Crippen LogP contribution < -0.4 is 9.80 Å². The van der Waals surface area contributed by atoms with E-state index in [4.69, 9.17) is 0 Å². The number of benzene rings is 1. The second-order valence-corrected chi connectivity index (χ2v) is 6.82. The fourth-order valence-electron chi connectivity index (χ4n) is 3.23. The summed E-state index contributed by atoms with van der Waals surface area (Å²) < 4.78 is 13.9. The Balaban J connectivity index is 3.46. The molecular weight excluding hydrogens is 263 g/mol. The van der Waals surface area contributed by atoms with E-state index in [9.17, 15) is 4.39 Å². The van der Waals surface area contributed by atoms with Gasteiger partial charge in [-0.15, -0.1) is 0 Å². The van der Waals surface area contributed by atoms with E-state index < -0.39 is 0 Å². The van der Waals surface area contributed by atoms with Gasteiger partial charge in [0.25, 0.3) is 0 Å². The Kier molecular flexibility index (Phi) is 6.06. The van der Waals surface area contributed by atoms with Gasteiger partial charge in [0.05, 0.1) is 11.4 Å². The van der Waals surface area contributed by atoms with Gasteiger partial charge in [0.15, 0.2) is 0 Å². The monoisotopic (exact) mass is 294 g/mol. The van der Waals surface area contributed by atoms with E-state index in [-0.39, 0.29) is 5.82 Å². The maximum atomic E-state index is 13.9. The van der Waals surface area contributed by atoms with Gasteiger partial charge in [-0.2, -0.15) is 0 Å². The molecule has 0 unspecified atom stereocenters. The van der Waals surface area contributed by atoms with Crippen molar-refractivity contribution in [2.75, 3.05) is 9.80 Å². The molecule has 1 aromatic carbocycles. The summed E-state index contributed by atoms with van der Waals surface area (Å²) in [4.78, 5) is 4.64. The second kappa shape index (κ2) is 7.15. The molecule has 0 aliphatic heterocycles. The Morgan fingerprint density at radius 3 is 1.43 bits per heavy atom. The summed E-state index contributed by atoms with van der Waals surface area (Å²) in [6.07, 6.45) is 0. The zero-order valence-corrected chi connectivity index (χ0v) is 14.8. The third kappa shape index (κ3) is 4.12. The lowest BCUT2D eigenvalue weighted by atomic mass is 10.1. The first kappa shape index (κ1) is 17.8. The topological polar surface area (TPSA) is 6.48 Å². The highest BCUT2D eigenvalue weighted by atomic mass is 19.1. The zero-order chi connectivity index (χ0) is 16.3. The summed E-state index contributed by atoms with van der Waals surface area (Å²) in [6, 6.07) is 6.55. The molecule has 0 aromatic heterocycles. The highest BCUT2D eigenvalue weighted by molar-refractivity contribution is 5.72. The normalized spacial score (nSPS) is 11.9. The molecule has 21 heavy (non-hydrogen) atoms. The van der Waals surface area contributed by atoms with Crippen molar-refractivity contribution in [2.24, 2.45) is 0 Å². The SMILES string of the molecule is CC(C)N(c1ccc(F)cc1N(C(C)C)C(C)C)C(C)C. The number of halogens is 1. The summed E-state index contributed by atoms with van der Waals surface area (Å²) in [7, 11) is 0. The van der Waals surface area contributed by atoms with Gasteiger partial charge in [-0.25, -0.2) is 4.39 Å².